The van der Waals surface area contributed by atoms with Gasteiger partial charge in [-0.15, -0.1) is 0 Å². The van der Waals surface area contributed by atoms with Gasteiger partial charge in [0.15, 0.2) is 0 Å². The number of piperidine rings is 1. The predicted molar refractivity (Wildman–Crippen MR) is 75.6 cm³/mol. The molecule has 3 rings (SSSR count). The van der Waals surface area contributed by atoms with Crippen molar-refractivity contribution < 1.29 is 0 Å². The van der Waals surface area contributed by atoms with Crippen molar-refractivity contribution in [1.29, 1.82) is 0 Å². The minimum absolute atomic E-state index is 0.775. The molecule has 0 radical (unpaired) electrons. The highest BCUT2D eigenvalue weighted by molar-refractivity contribution is 8.00. The van der Waals surface area contributed by atoms with Crippen molar-refractivity contribution in [2.24, 2.45) is 11.3 Å². The Morgan fingerprint density at radius 2 is 2.18 bits per heavy atom. The van der Waals surface area contributed by atoms with E-state index in [4.69, 9.17) is 0 Å². The lowest BCUT2D eigenvalue weighted by Gasteiger charge is -2.33. The van der Waals surface area contributed by atoms with Gasteiger partial charge in [0.2, 0.25) is 0 Å². The van der Waals surface area contributed by atoms with E-state index in [1.807, 2.05) is 0 Å². The highest BCUT2D eigenvalue weighted by atomic mass is 32.2. The van der Waals surface area contributed by atoms with Crippen LogP contribution in [0, 0.1) is 11.3 Å². The molecule has 0 aromatic heterocycles. The SMILES string of the molecule is CCC1CN(CC2CC23CCNCC3)CCS1. The van der Waals surface area contributed by atoms with Crippen LogP contribution < -0.4 is 5.32 Å². The molecule has 1 spiro atoms. The summed E-state index contributed by atoms with van der Waals surface area (Å²) in [6.07, 6.45) is 5.75. The van der Waals surface area contributed by atoms with Crippen LogP contribution in [0.3, 0.4) is 0 Å². The molecule has 98 valence electrons. The van der Waals surface area contributed by atoms with E-state index in [1.54, 1.807) is 0 Å². The van der Waals surface area contributed by atoms with Crippen LogP contribution in [0.2, 0.25) is 0 Å². The van der Waals surface area contributed by atoms with Crippen molar-refractivity contribution in [1.82, 2.24) is 10.2 Å². The summed E-state index contributed by atoms with van der Waals surface area (Å²) in [5.41, 5.74) is 0.775. The second-order valence-electron chi connectivity index (χ2n) is 6.17. The molecule has 2 atom stereocenters. The molecule has 0 aromatic rings. The first kappa shape index (κ1) is 12.3. The number of nitrogens with one attached hydrogen (secondary N) is 1. The molecule has 0 bridgehead atoms. The smallest absolute Gasteiger partial charge is 0.0172 e. The van der Waals surface area contributed by atoms with Crippen molar-refractivity contribution in [3.63, 3.8) is 0 Å². The van der Waals surface area contributed by atoms with Gasteiger partial charge in [-0.05, 0) is 50.1 Å². The Morgan fingerprint density at radius 1 is 1.35 bits per heavy atom. The fourth-order valence-corrected chi connectivity index (χ4v) is 4.98. The van der Waals surface area contributed by atoms with Crippen molar-refractivity contribution in [2.45, 2.75) is 37.9 Å². The van der Waals surface area contributed by atoms with Crippen molar-refractivity contribution in [3.05, 3.63) is 0 Å². The van der Waals surface area contributed by atoms with Crippen molar-refractivity contribution in [2.75, 3.05) is 38.5 Å². The first-order valence-corrected chi connectivity index (χ1v) is 8.42. The minimum atomic E-state index is 0.775. The van der Waals surface area contributed by atoms with Crippen LogP contribution in [-0.4, -0.2) is 48.6 Å². The molecule has 2 saturated heterocycles. The number of hydrogen-bond donors (Lipinski definition) is 1. The van der Waals surface area contributed by atoms with Gasteiger partial charge in [-0.3, -0.25) is 0 Å². The summed E-state index contributed by atoms with van der Waals surface area (Å²) < 4.78 is 0. The maximum Gasteiger partial charge on any atom is 0.0172 e. The maximum absolute atomic E-state index is 3.50. The maximum atomic E-state index is 3.50. The monoisotopic (exact) mass is 254 g/mol. The Morgan fingerprint density at radius 3 is 2.94 bits per heavy atom. The highest BCUT2D eigenvalue weighted by Gasteiger charge is 2.53. The Balaban J connectivity index is 1.48. The molecule has 1 saturated carbocycles. The van der Waals surface area contributed by atoms with Crippen LogP contribution in [0.5, 0.6) is 0 Å². The van der Waals surface area contributed by atoms with Crippen LogP contribution in [-0.2, 0) is 0 Å². The average Bonchev–Trinajstić information content (AvgIpc) is 3.02. The van der Waals surface area contributed by atoms with Gasteiger partial charge < -0.3 is 10.2 Å². The van der Waals surface area contributed by atoms with Gasteiger partial charge in [-0.1, -0.05) is 6.92 Å². The molecule has 3 aliphatic rings. The number of rotatable bonds is 3. The van der Waals surface area contributed by atoms with Crippen LogP contribution >= 0.6 is 11.8 Å². The van der Waals surface area contributed by atoms with Gasteiger partial charge in [0.1, 0.15) is 0 Å². The molecule has 2 heterocycles. The van der Waals surface area contributed by atoms with Crippen LogP contribution in [0.25, 0.3) is 0 Å². The summed E-state index contributed by atoms with van der Waals surface area (Å²) >= 11 is 2.19. The summed E-state index contributed by atoms with van der Waals surface area (Å²) in [4.78, 5) is 2.76. The fourth-order valence-electron chi connectivity index (χ4n) is 3.73. The molecule has 1 N–H and O–H groups in total. The lowest BCUT2D eigenvalue weighted by molar-refractivity contribution is 0.233. The largest absolute Gasteiger partial charge is 0.317 e. The van der Waals surface area contributed by atoms with Gasteiger partial charge in [0, 0.05) is 30.6 Å². The molecule has 1 aliphatic carbocycles. The summed E-state index contributed by atoms with van der Waals surface area (Å²) in [6, 6.07) is 0. The molecule has 0 aromatic carbocycles. The zero-order valence-electron chi connectivity index (χ0n) is 11.1. The second kappa shape index (κ2) is 5.10. The standard InChI is InChI=1S/C14H26N2S/c1-2-13-11-16(7-8-17-13)10-12-9-14(12)3-5-15-6-4-14/h12-13,15H,2-11H2,1H3. The van der Waals surface area contributed by atoms with Gasteiger partial charge in [0.25, 0.3) is 0 Å². The lowest BCUT2D eigenvalue weighted by Crippen LogP contribution is -2.40. The van der Waals surface area contributed by atoms with E-state index >= 15 is 0 Å². The zero-order chi connectivity index (χ0) is 11.7. The van der Waals surface area contributed by atoms with Crippen molar-refractivity contribution >= 4 is 11.8 Å². The number of thioether (sulfide) groups is 1. The van der Waals surface area contributed by atoms with Crippen LogP contribution in [0.1, 0.15) is 32.6 Å². The lowest BCUT2D eigenvalue weighted by atomic mass is 9.92. The van der Waals surface area contributed by atoms with E-state index in [0.717, 1.165) is 16.6 Å². The second-order valence-corrected chi connectivity index (χ2v) is 7.58. The topological polar surface area (TPSA) is 15.3 Å². The van der Waals surface area contributed by atoms with Crippen LogP contribution in [0.4, 0.5) is 0 Å². The number of hydrogen-bond acceptors (Lipinski definition) is 3. The third-order valence-electron chi connectivity index (χ3n) is 5.11. The van der Waals surface area contributed by atoms with Crippen molar-refractivity contribution in [3.8, 4) is 0 Å². The first-order valence-electron chi connectivity index (χ1n) is 7.37. The third-order valence-corrected chi connectivity index (χ3v) is 6.49. The molecule has 3 heteroatoms. The average molecular weight is 254 g/mol. The normalized spacial score (nSPS) is 37.2. The molecule has 17 heavy (non-hydrogen) atoms. The third kappa shape index (κ3) is 2.66. The summed E-state index contributed by atoms with van der Waals surface area (Å²) in [5.74, 6) is 2.39. The Bertz CT molecular complexity index is 263. The van der Waals surface area contributed by atoms with E-state index in [0.29, 0.717) is 0 Å². The van der Waals surface area contributed by atoms with Gasteiger partial charge >= 0.3 is 0 Å². The van der Waals surface area contributed by atoms with Gasteiger partial charge in [0.05, 0.1) is 0 Å². The van der Waals surface area contributed by atoms with E-state index < -0.39 is 0 Å². The summed E-state index contributed by atoms with van der Waals surface area (Å²) in [5, 5.41) is 4.41. The highest BCUT2D eigenvalue weighted by Crippen LogP contribution is 2.58. The minimum Gasteiger partial charge on any atom is -0.317 e. The van der Waals surface area contributed by atoms with Crippen LogP contribution in [0.15, 0.2) is 0 Å². The Kier molecular flexibility index (Phi) is 3.69. The summed E-state index contributed by atoms with van der Waals surface area (Å²) in [6.45, 7) is 8.97. The van der Waals surface area contributed by atoms with E-state index in [9.17, 15) is 0 Å². The molecule has 0 amide bonds. The van der Waals surface area contributed by atoms with Gasteiger partial charge in [-0.2, -0.15) is 11.8 Å². The van der Waals surface area contributed by atoms with E-state index in [-0.39, 0.29) is 0 Å². The van der Waals surface area contributed by atoms with E-state index in [2.05, 4.69) is 28.9 Å². The van der Waals surface area contributed by atoms with E-state index in [1.165, 1.54) is 64.2 Å². The Labute approximate surface area is 110 Å². The fraction of sp³-hybridized carbons (Fsp3) is 1.00. The summed E-state index contributed by atoms with van der Waals surface area (Å²) in [7, 11) is 0. The molecular formula is C14H26N2S. The first-order chi connectivity index (χ1) is 8.32. The zero-order valence-corrected chi connectivity index (χ0v) is 11.9. The molecular weight excluding hydrogens is 228 g/mol. The predicted octanol–water partition coefficient (Wildman–Crippen LogP) is 2.20. The number of nitrogens with zero attached hydrogens (tertiary/aromatic N) is 1. The molecule has 2 nitrogen and oxygen atoms in total. The molecule has 2 unspecified atom stereocenters. The quantitative estimate of drug-likeness (QED) is 0.831. The molecule has 2 aliphatic heterocycles. The Hall–Kier alpha value is 0.270. The molecule has 3 fully saturated rings. The van der Waals surface area contributed by atoms with Gasteiger partial charge in [-0.25, -0.2) is 0 Å².